The minimum Gasteiger partial charge on any atom is -0.459 e. The summed E-state index contributed by atoms with van der Waals surface area (Å²) < 4.78 is 51.5. The number of ketones is 1. The van der Waals surface area contributed by atoms with Crippen LogP contribution in [0, 0.1) is 29.6 Å². The first-order chi connectivity index (χ1) is 28.0. The number of ether oxygens (including phenoxy) is 8. The van der Waals surface area contributed by atoms with Crippen LogP contribution in [-0.2, 0) is 52.3 Å². The molecule has 3 saturated heterocycles. The summed E-state index contributed by atoms with van der Waals surface area (Å²) in [5, 5.41) is 34.4. The van der Waals surface area contributed by atoms with Gasteiger partial charge in [-0.1, -0.05) is 47.0 Å². The van der Waals surface area contributed by atoms with Crippen molar-refractivity contribution in [2.45, 2.75) is 211 Å². The number of hydrogen-bond donors (Lipinski definition) is 3. The summed E-state index contributed by atoms with van der Waals surface area (Å²) in [4.78, 5) is 44.5. The fraction of sp³-hybridized carbons (Fsp3) is 0.933. The van der Waals surface area contributed by atoms with Gasteiger partial charge in [0.2, 0.25) is 0 Å². The number of hydrogen-bond acceptors (Lipinski definition) is 15. The van der Waals surface area contributed by atoms with Gasteiger partial charge in [-0.25, -0.2) is 0 Å². The third-order valence-corrected chi connectivity index (χ3v) is 14.4. The van der Waals surface area contributed by atoms with E-state index in [1.165, 1.54) is 21.1 Å². The first-order valence-electron chi connectivity index (χ1n) is 22.4. The van der Waals surface area contributed by atoms with E-state index < -0.39 is 102 Å². The summed E-state index contributed by atoms with van der Waals surface area (Å²) in [7, 11) is 6.90. The van der Waals surface area contributed by atoms with E-state index in [1.807, 2.05) is 39.8 Å². The maximum Gasteiger partial charge on any atom is 0.311 e. The molecule has 0 unspecified atom stereocenters. The molecule has 60 heavy (non-hydrogen) atoms. The van der Waals surface area contributed by atoms with Gasteiger partial charge < -0.3 is 58.1 Å². The molecule has 0 spiro atoms. The van der Waals surface area contributed by atoms with Crippen LogP contribution >= 0.6 is 0 Å². The molecule has 0 aromatic carbocycles. The average Bonchev–Trinajstić information content (AvgIpc) is 3.21. The summed E-state index contributed by atoms with van der Waals surface area (Å²) in [6, 6.07) is -0.272. The van der Waals surface area contributed by atoms with E-state index in [0.717, 1.165) is 32.1 Å². The molecule has 15 heteroatoms. The molecule has 0 bridgehead atoms. The molecule has 348 valence electrons. The van der Waals surface area contributed by atoms with E-state index in [-0.39, 0.29) is 49.1 Å². The highest BCUT2D eigenvalue weighted by atomic mass is 16.7. The van der Waals surface area contributed by atoms with E-state index in [1.54, 1.807) is 41.5 Å². The Morgan fingerprint density at radius 1 is 0.833 bits per heavy atom. The predicted octanol–water partition coefficient (Wildman–Crippen LogP) is 4.57. The molecule has 4 fully saturated rings. The topological polar surface area (TPSA) is 189 Å². The monoisotopic (exact) mass is 858 g/mol. The van der Waals surface area contributed by atoms with Crippen molar-refractivity contribution in [3.8, 4) is 0 Å². The average molecular weight is 858 g/mol. The zero-order valence-electron chi connectivity index (χ0n) is 38.9. The van der Waals surface area contributed by atoms with Gasteiger partial charge in [-0.05, 0) is 87.7 Å². The van der Waals surface area contributed by atoms with Crippen LogP contribution in [0.2, 0.25) is 0 Å². The Labute approximate surface area is 358 Å². The van der Waals surface area contributed by atoms with Crippen LogP contribution in [0.1, 0.15) is 127 Å². The van der Waals surface area contributed by atoms with Gasteiger partial charge in [0.25, 0.3) is 0 Å². The molecule has 0 aromatic rings. The van der Waals surface area contributed by atoms with E-state index in [0.29, 0.717) is 6.42 Å². The molecule has 3 N–H and O–H groups in total. The van der Waals surface area contributed by atoms with Gasteiger partial charge in [-0.3, -0.25) is 14.4 Å². The number of aliphatic hydroxyl groups is 3. The quantitative estimate of drug-likeness (QED) is 0.259. The molecule has 4 aliphatic rings. The molecule has 0 amide bonds. The Balaban J connectivity index is 1.88. The highest BCUT2D eigenvalue weighted by Crippen LogP contribution is 2.42. The fourth-order valence-electron chi connectivity index (χ4n) is 10.3. The third kappa shape index (κ3) is 11.1. The number of methoxy groups -OCH3 is 2. The highest BCUT2D eigenvalue weighted by Gasteiger charge is 2.55. The Morgan fingerprint density at radius 2 is 1.45 bits per heavy atom. The van der Waals surface area contributed by atoms with Gasteiger partial charge >= 0.3 is 11.9 Å². The smallest absolute Gasteiger partial charge is 0.311 e. The number of esters is 2. The number of rotatable bonds is 10. The molecule has 1 aliphatic carbocycles. The number of carbonyl (C=O) groups is 3. The maximum atomic E-state index is 14.4. The van der Waals surface area contributed by atoms with Crippen molar-refractivity contribution in [3.05, 3.63) is 0 Å². The zero-order chi connectivity index (χ0) is 45.1. The summed E-state index contributed by atoms with van der Waals surface area (Å²) in [5.74, 6) is -5.11. The molecule has 3 aliphatic heterocycles. The van der Waals surface area contributed by atoms with Crippen LogP contribution in [0.15, 0.2) is 0 Å². The normalized spacial score (nSPS) is 45.8. The number of aliphatic hydroxyl groups excluding tert-OH is 2. The van der Waals surface area contributed by atoms with Crippen LogP contribution in [0.4, 0.5) is 0 Å². The first kappa shape index (κ1) is 50.9. The van der Waals surface area contributed by atoms with Gasteiger partial charge in [0.15, 0.2) is 18.7 Å². The van der Waals surface area contributed by atoms with Gasteiger partial charge in [0.05, 0.1) is 59.6 Å². The van der Waals surface area contributed by atoms with Crippen molar-refractivity contribution in [2.24, 2.45) is 29.6 Å². The van der Waals surface area contributed by atoms with Crippen molar-refractivity contribution < 1.29 is 67.6 Å². The largest absolute Gasteiger partial charge is 0.459 e. The van der Waals surface area contributed by atoms with E-state index in [9.17, 15) is 29.7 Å². The first-order valence-corrected chi connectivity index (χ1v) is 22.4. The summed E-state index contributed by atoms with van der Waals surface area (Å²) >= 11 is 0. The lowest BCUT2D eigenvalue weighted by Gasteiger charge is -2.50. The Hall–Kier alpha value is -1.79. The lowest BCUT2D eigenvalue weighted by atomic mass is 9.74. The van der Waals surface area contributed by atoms with E-state index in [2.05, 4.69) is 0 Å². The van der Waals surface area contributed by atoms with Crippen LogP contribution in [0.25, 0.3) is 0 Å². The van der Waals surface area contributed by atoms with Gasteiger partial charge in [0.1, 0.15) is 23.6 Å². The Bertz CT molecular complexity index is 1420. The molecular formula is C45H79NO14. The number of Topliss-reactive ketones (excluding diaryl/α,β-unsaturated/α-hetero) is 1. The van der Waals surface area contributed by atoms with Crippen molar-refractivity contribution in [1.82, 2.24) is 4.90 Å². The zero-order valence-corrected chi connectivity index (χ0v) is 38.9. The van der Waals surface area contributed by atoms with E-state index in [4.69, 9.17) is 37.9 Å². The number of cyclic esters (lactones) is 1. The second-order valence-electron chi connectivity index (χ2n) is 19.4. The molecule has 18 atom stereocenters. The molecule has 3 heterocycles. The van der Waals surface area contributed by atoms with Gasteiger partial charge in [0, 0.05) is 38.4 Å². The number of carbonyl (C=O) groups excluding carboxylic acids is 3. The maximum absolute atomic E-state index is 14.4. The molecular weight excluding hydrogens is 778 g/mol. The highest BCUT2D eigenvalue weighted by molar-refractivity contribution is 5.83. The second-order valence-corrected chi connectivity index (χ2v) is 19.4. The van der Waals surface area contributed by atoms with E-state index >= 15 is 0 Å². The Morgan fingerprint density at radius 3 is 2.02 bits per heavy atom. The molecule has 0 radical (unpaired) electrons. The van der Waals surface area contributed by atoms with Gasteiger partial charge in [-0.2, -0.15) is 0 Å². The Kier molecular flexibility index (Phi) is 17.6. The van der Waals surface area contributed by atoms with Crippen molar-refractivity contribution in [2.75, 3.05) is 28.3 Å². The van der Waals surface area contributed by atoms with Gasteiger partial charge in [-0.15, -0.1) is 0 Å². The minimum absolute atomic E-state index is 0.0934. The standard InChI is InChI=1S/C45H79NO14/c1-15-32-45(10,52)37(48)26(4)34(47)24(2)22-44(9,54-14)39(27(5)35(28(6)40(50)57-32)58-33-23-43(8,53-13)38(49)29(7)56-33)60-42-36(31(46(11)12)21-25(3)55-42)59-41(51)30-19-17-16-18-20-30/h24-33,35-39,42,48-49,52H,15-23H2,1-14H3/t24-,25-,26+,27+,28-,29+,31+,32-,33+,35+,36-,37-,38+,39-,42+,43-,44-,45-/m1/s1. The summed E-state index contributed by atoms with van der Waals surface area (Å²) in [5.41, 5.74) is -4.33. The number of likely N-dealkylation sites (N-methyl/N-ethyl adjacent to an activating group) is 1. The van der Waals surface area contributed by atoms with Crippen LogP contribution < -0.4 is 0 Å². The fourth-order valence-corrected chi connectivity index (χ4v) is 10.3. The van der Waals surface area contributed by atoms with Crippen molar-refractivity contribution >= 4 is 17.7 Å². The predicted molar refractivity (Wildman–Crippen MR) is 221 cm³/mol. The molecule has 1 saturated carbocycles. The van der Waals surface area contributed by atoms with Crippen LogP contribution in [0.5, 0.6) is 0 Å². The lowest BCUT2D eigenvalue weighted by Crippen LogP contribution is -2.62. The van der Waals surface area contributed by atoms with Crippen LogP contribution in [0.3, 0.4) is 0 Å². The lowest BCUT2D eigenvalue weighted by molar-refractivity contribution is -0.320. The van der Waals surface area contributed by atoms with Crippen molar-refractivity contribution in [3.63, 3.8) is 0 Å². The summed E-state index contributed by atoms with van der Waals surface area (Å²) in [6.07, 6.45) is -4.25. The molecule has 4 rings (SSSR count). The van der Waals surface area contributed by atoms with Crippen LogP contribution in [-0.4, -0.2) is 151 Å². The summed E-state index contributed by atoms with van der Waals surface area (Å²) in [6.45, 7) is 17.2. The van der Waals surface area contributed by atoms with Crippen molar-refractivity contribution in [1.29, 1.82) is 0 Å². The minimum atomic E-state index is -1.98. The molecule has 0 aromatic heterocycles. The SMILES string of the molecule is CC[C@H]1OC(=O)[C@H](C)[C@@H](O[C@H]2C[C@@](C)(OC)[C@@H](O)[C@H](C)O2)[C@H](C)[C@@H](O[C@@H]2O[C@H](C)C[C@H](N(C)C)[C@H]2OC(=O)C2CCCCC2)[C@](C)(OC)C[C@@H](C)C(=O)[C@H](C)[C@@H](O)[C@]1(C)O. The molecule has 15 nitrogen and oxygen atoms in total. The third-order valence-electron chi connectivity index (χ3n) is 14.4. The second kappa shape index (κ2) is 20.8. The number of nitrogens with zero attached hydrogens (tertiary/aromatic N) is 1.